The van der Waals surface area contributed by atoms with Crippen molar-refractivity contribution in [1.82, 2.24) is 10.6 Å². The van der Waals surface area contributed by atoms with E-state index in [0.29, 0.717) is 25.9 Å². The molecule has 0 saturated carbocycles. The second kappa shape index (κ2) is 7.06. The van der Waals surface area contributed by atoms with Gasteiger partial charge in [0.05, 0.1) is 6.10 Å². The van der Waals surface area contributed by atoms with Crippen molar-refractivity contribution >= 4 is 5.91 Å². The van der Waals surface area contributed by atoms with E-state index >= 15 is 0 Å². The van der Waals surface area contributed by atoms with Crippen LogP contribution in [0, 0.1) is 0 Å². The first-order chi connectivity index (χ1) is 5.66. The van der Waals surface area contributed by atoms with E-state index in [2.05, 4.69) is 10.6 Å². The quantitative estimate of drug-likeness (QED) is 0.508. The topological polar surface area (TPSA) is 61.4 Å². The van der Waals surface area contributed by atoms with E-state index in [1.807, 2.05) is 7.05 Å². The van der Waals surface area contributed by atoms with Crippen molar-refractivity contribution in [3.05, 3.63) is 0 Å². The van der Waals surface area contributed by atoms with Crippen LogP contribution in [-0.2, 0) is 4.79 Å². The first-order valence-corrected chi connectivity index (χ1v) is 4.26. The van der Waals surface area contributed by atoms with E-state index in [1.54, 1.807) is 6.92 Å². The second-order valence-electron chi connectivity index (χ2n) is 2.84. The first-order valence-electron chi connectivity index (χ1n) is 4.26. The molecule has 1 atom stereocenters. The second-order valence-corrected chi connectivity index (χ2v) is 2.84. The number of carbonyl (C=O) groups excluding carboxylic acids is 1. The fourth-order valence-electron chi connectivity index (χ4n) is 0.747. The molecule has 0 heterocycles. The third kappa shape index (κ3) is 7.50. The average molecular weight is 174 g/mol. The Bertz CT molecular complexity index is 126. The minimum Gasteiger partial charge on any atom is -0.393 e. The Morgan fingerprint density at radius 1 is 1.50 bits per heavy atom. The maximum Gasteiger partial charge on any atom is 0.221 e. The van der Waals surface area contributed by atoms with E-state index < -0.39 is 0 Å². The Morgan fingerprint density at radius 2 is 2.17 bits per heavy atom. The molecular formula is C8H18N2O2. The monoisotopic (exact) mass is 174 g/mol. The zero-order valence-corrected chi connectivity index (χ0v) is 7.76. The summed E-state index contributed by atoms with van der Waals surface area (Å²) in [6.45, 7) is 2.96. The van der Waals surface area contributed by atoms with E-state index in [1.165, 1.54) is 0 Å². The maximum absolute atomic E-state index is 11.0. The zero-order chi connectivity index (χ0) is 9.40. The summed E-state index contributed by atoms with van der Waals surface area (Å²) in [6, 6.07) is 0. The molecule has 4 heteroatoms. The van der Waals surface area contributed by atoms with Crippen LogP contribution < -0.4 is 10.6 Å². The molecule has 0 fully saturated rings. The minimum atomic E-state index is -0.338. The molecule has 4 nitrogen and oxygen atoms in total. The lowest BCUT2D eigenvalue weighted by atomic mass is 10.3. The summed E-state index contributed by atoms with van der Waals surface area (Å²) in [5.74, 6) is 0.0324. The highest BCUT2D eigenvalue weighted by Gasteiger charge is 2.00. The zero-order valence-electron chi connectivity index (χ0n) is 7.76. The molecular weight excluding hydrogens is 156 g/mol. The van der Waals surface area contributed by atoms with Crippen LogP contribution in [0.25, 0.3) is 0 Å². The fraction of sp³-hybridized carbons (Fsp3) is 0.875. The van der Waals surface area contributed by atoms with E-state index in [4.69, 9.17) is 5.11 Å². The Balaban J connectivity index is 3.20. The Kier molecular flexibility index (Phi) is 6.70. The van der Waals surface area contributed by atoms with Gasteiger partial charge in [0, 0.05) is 19.5 Å². The molecule has 0 radical (unpaired) electrons. The molecule has 72 valence electrons. The van der Waals surface area contributed by atoms with Gasteiger partial charge in [-0.2, -0.15) is 0 Å². The Hall–Kier alpha value is -0.610. The third-order valence-electron chi connectivity index (χ3n) is 1.49. The van der Waals surface area contributed by atoms with Crippen molar-refractivity contribution in [2.75, 3.05) is 20.1 Å². The number of carbonyl (C=O) groups is 1. The van der Waals surface area contributed by atoms with Crippen LogP contribution in [0.3, 0.4) is 0 Å². The van der Waals surface area contributed by atoms with Crippen LogP contribution in [0.4, 0.5) is 0 Å². The molecule has 0 aromatic heterocycles. The lowest BCUT2D eigenvalue weighted by molar-refractivity contribution is -0.121. The maximum atomic E-state index is 11.0. The molecule has 0 saturated heterocycles. The van der Waals surface area contributed by atoms with Crippen LogP contribution in [0.15, 0.2) is 0 Å². The number of hydrogen-bond acceptors (Lipinski definition) is 3. The number of hydrogen-bond donors (Lipinski definition) is 3. The van der Waals surface area contributed by atoms with Crippen LogP contribution in [0.1, 0.15) is 19.8 Å². The van der Waals surface area contributed by atoms with Gasteiger partial charge < -0.3 is 15.7 Å². The molecule has 12 heavy (non-hydrogen) atoms. The van der Waals surface area contributed by atoms with Crippen molar-refractivity contribution in [3.8, 4) is 0 Å². The van der Waals surface area contributed by atoms with Crippen LogP contribution in [0.2, 0.25) is 0 Å². The molecule has 0 rings (SSSR count). The smallest absolute Gasteiger partial charge is 0.221 e. The van der Waals surface area contributed by atoms with Crippen molar-refractivity contribution in [3.63, 3.8) is 0 Å². The molecule has 0 aliphatic heterocycles. The molecule has 0 spiro atoms. The molecule has 0 aromatic carbocycles. The highest BCUT2D eigenvalue weighted by molar-refractivity contribution is 5.75. The van der Waals surface area contributed by atoms with Crippen LogP contribution >= 0.6 is 0 Å². The molecule has 3 N–H and O–H groups in total. The SMILES string of the molecule is CNCCC(=O)NCCC(C)O. The van der Waals surface area contributed by atoms with Crippen molar-refractivity contribution < 1.29 is 9.90 Å². The van der Waals surface area contributed by atoms with E-state index in [0.717, 1.165) is 0 Å². The first kappa shape index (κ1) is 11.4. The fourth-order valence-corrected chi connectivity index (χ4v) is 0.747. The Labute approximate surface area is 73.3 Å². The average Bonchev–Trinajstić information content (AvgIpc) is 2.00. The Morgan fingerprint density at radius 3 is 2.67 bits per heavy atom. The van der Waals surface area contributed by atoms with E-state index in [-0.39, 0.29) is 12.0 Å². The third-order valence-corrected chi connectivity index (χ3v) is 1.49. The van der Waals surface area contributed by atoms with Gasteiger partial charge in [0.25, 0.3) is 0 Å². The molecule has 0 bridgehead atoms. The number of amides is 1. The van der Waals surface area contributed by atoms with Gasteiger partial charge in [-0.15, -0.1) is 0 Å². The molecule has 1 unspecified atom stereocenters. The van der Waals surface area contributed by atoms with Gasteiger partial charge >= 0.3 is 0 Å². The molecule has 0 aromatic rings. The lowest BCUT2D eigenvalue weighted by Crippen LogP contribution is -2.28. The van der Waals surface area contributed by atoms with Crippen molar-refractivity contribution in [2.45, 2.75) is 25.9 Å². The number of rotatable bonds is 6. The summed E-state index contributed by atoms with van der Waals surface area (Å²) >= 11 is 0. The standard InChI is InChI=1S/C8H18N2O2/c1-7(11)3-6-10-8(12)4-5-9-2/h7,9,11H,3-6H2,1-2H3,(H,10,12). The molecule has 0 aliphatic rings. The van der Waals surface area contributed by atoms with Gasteiger partial charge in [0.15, 0.2) is 0 Å². The summed E-state index contributed by atoms with van der Waals surface area (Å²) in [6.07, 6.45) is 0.774. The summed E-state index contributed by atoms with van der Waals surface area (Å²) in [4.78, 5) is 11.0. The minimum absolute atomic E-state index is 0.0324. The highest BCUT2D eigenvalue weighted by Crippen LogP contribution is 1.86. The predicted octanol–water partition coefficient (Wildman–Crippen LogP) is -0.517. The van der Waals surface area contributed by atoms with Crippen LogP contribution in [0.5, 0.6) is 0 Å². The van der Waals surface area contributed by atoms with Crippen LogP contribution in [-0.4, -0.2) is 37.3 Å². The lowest BCUT2D eigenvalue weighted by Gasteiger charge is -2.05. The number of nitrogens with one attached hydrogen (secondary N) is 2. The largest absolute Gasteiger partial charge is 0.393 e. The molecule has 0 aliphatic carbocycles. The predicted molar refractivity (Wildman–Crippen MR) is 47.9 cm³/mol. The summed E-state index contributed by atoms with van der Waals surface area (Å²) in [5.41, 5.74) is 0. The van der Waals surface area contributed by atoms with Gasteiger partial charge in [-0.1, -0.05) is 0 Å². The van der Waals surface area contributed by atoms with Gasteiger partial charge in [-0.05, 0) is 20.4 Å². The highest BCUT2D eigenvalue weighted by atomic mass is 16.3. The summed E-state index contributed by atoms with van der Waals surface area (Å²) < 4.78 is 0. The molecule has 1 amide bonds. The van der Waals surface area contributed by atoms with Gasteiger partial charge in [0.1, 0.15) is 0 Å². The summed E-state index contributed by atoms with van der Waals surface area (Å²) in [5, 5.41) is 14.5. The van der Waals surface area contributed by atoms with Gasteiger partial charge in [-0.25, -0.2) is 0 Å². The van der Waals surface area contributed by atoms with Crippen molar-refractivity contribution in [1.29, 1.82) is 0 Å². The number of aliphatic hydroxyl groups excluding tert-OH is 1. The number of aliphatic hydroxyl groups is 1. The van der Waals surface area contributed by atoms with Gasteiger partial charge in [0.2, 0.25) is 5.91 Å². The normalized spacial score (nSPS) is 12.6. The van der Waals surface area contributed by atoms with Gasteiger partial charge in [-0.3, -0.25) is 4.79 Å². The summed E-state index contributed by atoms with van der Waals surface area (Å²) in [7, 11) is 1.81. The van der Waals surface area contributed by atoms with Crippen molar-refractivity contribution in [2.24, 2.45) is 0 Å². The van der Waals surface area contributed by atoms with E-state index in [9.17, 15) is 4.79 Å².